The predicted octanol–water partition coefficient (Wildman–Crippen LogP) is 4.67. The van der Waals surface area contributed by atoms with Crippen LogP contribution < -0.4 is 10.6 Å². The Hall–Kier alpha value is -3.10. The van der Waals surface area contributed by atoms with E-state index in [9.17, 15) is 19.3 Å². The number of thiocarbonyl (C=S) groups is 1. The standard InChI is InChI=1S/C18H11ClFN3O3S/c19-14-6-2-3-11-12(14)4-1-5-13(11)17(24)22-18(27)21-16-9-10(23(25)26)7-8-15(16)20/h1-9H,(H2,21,22,24,27). The van der Waals surface area contributed by atoms with Crippen LogP contribution in [0.4, 0.5) is 15.8 Å². The molecule has 0 bridgehead atoms. The first kappa shape index (κ1) is 18.7. The SMILES string of the molecule is O=C(NC(=S)Nc1cc([N+](=O)[O-])ccc1F)c1cccc2c(Cl)cccc12. The van der Waals surface area contributed by atoms with Crippen LogP contribution in [0.15, 0.2) is 54.6 Å². The molecule has 0 unspecified atom stereocenters. The van der Waals surface area contributed by atoms with Crippen LogP contribution >= 0.6 is 23.8 Å². The summed E-state index contributed by atoms with van der Waals surface area (Å²) in [6.07, 6.45) is 0. The molecular formula is C18H11ClFN3O3S. The zero-order chi connectivity index (χ0) is 19.6. The summed E-state index contributed by atoms with van der Waals surface area (Å²) in [7, 11) is 0. The quantitative estimate of drug-likeness (QED) is 0.377. The maximum Gasteiger partial charge on any atom is 0.271 e. The number of anilines is 1. The smallest absolute Gasteiger partial charge is 0.271 e. The van der Waals surface area contributed by atoms with Gasteiger partial charge in [-0.05, 0) is 35.8 Å². The molecule has 0 saturated heterocycles. The van der Waals surface area contributed by atoms with E-state index in [4.69, 9.17) is 23.8 Å². The number of halogens is 2. The maximum absolute atomic E-state index is 13.8. The van der Waals surface area contributed by atoms with E-state index in [1.807, 2.05) is 0 Å². The van der Waals surface area contributed by atoms with Gasteiger partial charge < -0.3 is 5.32 Å². The number of carbonyl (C=O) groups is 1. The van der Waals surface area contributed by atoms with Crippen molar-refractivity contribution in [3.8, 4) is 0 Å². The number of nitrogens with zero attached hydrogens (tertiary/aromatic N) is 1. The van der Waals surface area contributed by atoms with Crippen LogP contribution in [0.25, 0.3) is 10.8 Å². The van der Waals surface area contributed by atoms with Crippen LogP contribution in [-0.4, -0.2) is 15.9 Å². The van der Waals surface area contributed by atoms with Gasteiger partial charge in [0.15, 0.2) is 5.11 Å². The summed E-state index contributed by atoms with van der Waals surface area (Å²) in [5.74, 6) is -1.26. The first-order valence-corrected chi connectivity index (χ1v) is 8.39. The molecule has 2 N–H and O–H groups in total. The van der Waals surface area contributed by atoms with Gasteiger partial charge in [0, 0.05) is 28.1 Å². The summed E-state index contributed by atoms with van der Waals surface area (Å²) in [5.41, 5.74) is -0.189. The monoisotopic (exact) mass is 403 g/mol. The molecule has 1 amide bonds. The number of non-ortho nitro benzene ring substituents is 1. The average Bonchev–Trinajstić information content (AvgIpc) is 2.63. The number of nitro groups is 1. The summed E-state index contributed by atoms with van der Waals surface area (Å²) in [6.45, 7) is 0. The summed E-state index contributed by atoms with van der Waals surface area (Å²) in [5, 5.41) is 17.3. The molecule has 0 aliphatic rings. The van der Waals surface area contributed by atoms with E-state index in [1.165, 1.54) is 0 Å². The van der Waals surface area contributed by atoms with Gasteiger partial charge in [-0.15, -0.1) is 0 Å². The Kier molecular flexibility index (Phi) is 5.29. The molecule has 136 valence electrons. The van der Waals surface area contributed by atoms with Crippen LogP contribution in [-0.2, 0) is 0 Å². The Bertz CT molecular complexity index is 1090. The zero-order valence-electron chi connectivity index (χ0n) is 13.5. The van der Waals surface area contributed by atoms with E-state index in [0.717, 1.165) is 18.2 Å². The molecule has 0 aromatic heterocycles. The zero-order valence-corrected chi connectivity index (χ0v) is 15.1. The molecule has 3 aromatic carbocycles. The molecule has 0 aliphatic heterocycles. The minimum atomic E-state index is -0.742. The lowest BCUT2D eigenvalue weighted by molar-refractivity contribution is -0.384. The van der Waals surface area contributed by atoms with Gasteiger partial charge in [0.25, 0.3) is 11.6 Å². The second-order valence-corrected chi connectivity index (χ2v) is 6.29. The highest BCUT2D eigenvalue weighted by molar-refractivity contribution is 7.80. The fourth-order valence-electron chi connectivity index (χ4n) is 2.52. The predicted molar refractivity (Wildman–Crippen MR) is 106 cm³/mol. The Morgan fingerprint density at radius 3 is 2.56 bits per heavy atom. The fraction of sp³-hybridized carbons (Fsp3) is 0. The number of hydrogen-bond donors (Lipinski definition) is 2. The normalized spacial score (nSPS) is 10.4. The number of benzene rings is 3. The number of amides is 1. The van der Waals surface area contributed by atoms with E-state index in [0.29, 0.717) is 21.4 Å². The van der Waals surface area contributed by atoms with Crippen molar-refractivity contribution in [1.29, 1.82) is 0 Å². The van der Waals surface area contributed by atoms with Gasteiger partial charge in [-0.3, -0.25) is 20.2 Å². The third-order valence-corrected chi connectivity index (χ3v) is 4.28. The van der Waals surface area contributed by atoms with Crippen LogP contribution in [0, 0.1) is 15.9 Å². The van der Waals surface area contributed by atoms with E-state index in [1.54, 1.807) is 36.4 Å². The van der Waals surface area contributed by atoms with Gasteiger partial charge in [-0.25, -0.2) is 4.39 Å². The Labute approximate surface area is 163 Å². The molecule has 0 atom stereocenters. The van der Waals surface area contributed by atoms with Crippen molar-refractivity contribution in [3.63, 3.8) is 0 Å². The van der Waals surface area contributed by atoms with Crippen LogP contribution in [0.1, 0.15) is 10.4 Å². The molecule has 27 heavy (non-hydrogen) atoms. The number of fused-ring (bicyclic) bond motifs is 1. The number of carbonyl (C=O) groups excluding carboxylic acids is 1. The van der Waals surface area contributed by atoms with Crippen LogP contribution in [0.5, 0.6) is 0 Å². The summed E-state index contributed by atoms with van der Waals surface area (Å²) in [4.78, 5) is 22.7. The number of rotatable bonds is 3. The van der Waals surface area contributed by atoms with Crippen molar-refractivity contribution in [3.05, 3.63) is 81.1 Å². The highest BCUT2D eigenvalue weighted by Crippen LogP contribution is 2.26. The molecular weight excluding hydrogens is 393 g/mol. The second-order valence-electron chi connectivity index (χ2n) is 5.47. The van der Waals surface area contributed by atoms with Crippen molar-refractivity contribution in [2.45, 2.75) is 0 Å². The maximum atomic E-state index is 13.8. The highest BCUT2D eigenvalue weighted by atomic mass is 35.5. The minimum Gasteiger partial charge on any atom is -0.330 e. The van der Waals surface area contributed by atoms with Gasteiger partial charge in [0.05, 0.1) is 10.6 Å². The Balaban J connectivity index is 1.81. The summed E-state index contributed by atoms with van der Waals surface area (Å²) >= 11 is 11.2. The average molecular weight is 404 g/mol. The first-order chi connectivity index (χ1) is 12.9. The first-order valence-electron chi connectivity index (χ1n) is 7.60. The van der Waals surface area contributed by atoms with Crippen LogP contribution in [0.2, 0.25) is 5.02 Å². The van der Waals surface area contributed by atoms with Crippen molar-refractivity contribution in [2.24, 2.45) is 0 Å². The van der Waals surface area contributed by atoms with E-state index < -0.39 is 16.6 Å². The Morgan fingerprint density at radius 2 is 1.81 bits per heavy atom. The van der Waals surface area contributed by atoms with Gasteiger partial charge in [0.2, 0.25) is 0 Å². The van der Waals surface area contributed by atoms with Crippen molar-refractivity contribution in [2.75, 3.05) is 5.32 Å². The lowest BCUT2D eigenvalue weighted by atomic mass is 10.0. The molecule has 6 nitrogen and oxygen atoms in total. The molecule has 0 radical (unpaired) electrons. The molecule has 0 saturated carbocycles. The lowest BCUT2D eigenvalue weighted by Gasteiger charge is -2.12. The minimum absolute atomic E-state index is 0.196. The van der Waals surface area contributed by atoms with Gasteiger partial charge in [-0.2, -0.15) is 0 Å². The number of nitro benzene ring substituents is 1. The number of nitrogens with one attached hydrogen (secondary N) is 2. The van der Waals surface area contributed by atoms with Gasteiger partial charge in [0.1, 0.15) is 5.82 Å². The Morgan fingerprint density at radius 1 is 1.11 bits per heavy atom. The molecule has 0 spiro atoms. The van der Waals surface area contributed by atoms with Crippen molar-refractivity contribution < 1.29 is 14.1 Å². The summed E-state index contributed by atoms with van der Waals surface area (Å²) in [6, 6.07) is 13.2. The molecule has 0 aliphatic carbocycles. The van der Waals surface area contributed by atoms with E-state index in [-0.39, 0.29) is 16.5 Å². The van der Waals surface area contributed by atoms with Gasteiger partial charge >= 0.3 is 0 Å². The second kappa shape index (κ2) is 7.65. The molecule has 0 fully saturated rings. The van der Waals surface area contributed by atoms with Crippen molar-refractivity contribution in [1.82, 2.24) is 5.32 Å². The summed E-state index contributed by atoms with van der Waals surface area (Å²) < 4.78 is 13.8. The van der Waals surface area contributed by atoms with E-state index in [2.05, 4.69) is 10.6 Å². The molecule has 0 heterocycles. The lowest BCUT2D eigenvalue weighted by Crippen LogP contribution is -2.34. The van der Waals surface area contributed by atoms with Gasteiger partial charge in [-0.1, -0.05) is 35.9 Å². The molecule has 3 aromatic rings. The topological polar surface area (TPSA) is 84.3 Å². The highest BCUT2D eigenvalue weighted by Gasteiger charge is 2.15. The van der Waals surface area contributed by atoms with Crippen molar-refractivity contribution >= 4 is 57.0 Å². The van der Waals surface area contributed by atoms with E-state index >= 15 is 0 Å². The van der Waals surface area contributed by atoms with Crippen LogP contribution in [0.3, 0.4) is 0 Å². The molecule has 3 rings (SSSR count). The number of hydrogen-bond acceptors (Lipinski definition) is 4. The largest absolute Gasteiger partial charge is 0.330 e. The third kappa shape index (κ3) is 4.02. The molecule has 9 heteroatoms. The fourth-order valence-corrected chi connectivity index (χ4v) is 2.96. The third-order valence-electron chi connectivity index (χ3n) is 3.75.